The molecule has 3 aromatic rings. The minimum absolute atomic E-state index is 0.303. The van der Waals surface area contributed by atoms with E-state index in [-0.39, 0.29) is 5.91 Å². The first-order valence-electron chi connectivity index (χ1n) is 8.27. The maximum atomic E-state index is 12.2. The van der Waals surface area contributed by atoms with Crippen LogP contribution < -0.4 is 10.2 Å². The van der Waals surface area contributed by atoms with Gasteiger partial charge in [0.25, 0.3) is 5.91 Å². The number of nitrogens with zero attached hydrogens (tertiary/aromatic N) is 1. The molecule has 0 unspecified atom stereocenters. The summed E-state index contributed by atoms with van der Waals surface area (Å²) < 4.78 is 6.60. The van der Waals surface area contributed by atoms with Crippen molar-refractivity contribution in [2.24, 2.45) is 5.10 Å². The second-order valence-corrected chi connectivity index (χ2v) is 7.47. The van der Waals surface area contributed by atoms with E-state index in [0.717, 1.165) is 15.6 Å². The Morgan fingerprint density at radius 1 is 1.07 bits per heavy atom. The lowest BCUT2D eigenvalue weighted by atomic mass is 10.2. The Labute approximate surface area is 181 Å². The third-order valence-corrected chi connectivity index (χ3v) is 5.11. The molecule has 0 aliphatic rings. The van der Waals surface area contributed by atoms with Crippen LogP contribution in [-0.4, -0.2) is 12.1 Å². The lowest BCUT2D eigenvalue weighted by Gasteiger charge is -2.08. The minimum Gasteiger partial charge on any atom is -0.489 e. The average molecular weight is 478 g/mol. The Morgan fingerprint density at radius 3 is 2.54 bits per heavy atom. The molecule has 7 heteroatoms. The number of halogens is 3. The number of rotatable bonds is 6. The Balaban J connectivity index is 1.56. The number of nitrogens with one attached hydrogen (secondary N) is 1. The molecular weight excluding hydrogens is 463 g/mol. The van der Waals surface area contributed by atoms with Gasteiger partial charge in [-0.15, -0.1) is 0 Å². The van der Waals surface area contributed by atoms with Crippen LogP contribution in [0.5, 0.6) is 5.75 Å². The highest BCUT2D eigenvalue weighted by molar-refractivity contribution is 9.10. The van der Waals surface area contributed by atoms with E-state index in [0.29, 0.717) is 28.0 Å². The molecule has 0 atom stereocenters. The fourth-order valence-electron chi connectivity index (χ4n) is 2.31. The normalized spacial score (nSPS) is 10.8. The summed E-state index contributed by atoms with van der Waals surface area (Å²) in [7, 11) is 0. The predicted molar refractivity (Wildman–Crippen MR) is 116 cm³/mol. The molecule has 4 nitrogen and oxygen atoms in total. The van der Waals surface area contributed by atoms with Crippen LogP contribution in [0.25, 0.3) is 0 Å². The second kappa shape index (κ2) is 9.73. The van der Waals surface area contributed by atoms with Gasteiger partial charge in [-0.05, 0) is 42.5 Å². The number of amides is 1. The molecule has 0 aromatic heterocycles. The van der Waals surface area contributed by atoms with Crippen LogP contribution in [0.15, 0.2) is 76.3 Å². The highest BCUT2D eigenvalue weighted by atomic mass is 79.9. The van der Waals surface area contributed by atoms with E-state index >= 15 is 0 Å². The van der Waals surface area contributed by atoms with Gasteiger partial charge in [-0.1, -0.05) is 63.4 Å². The maximum Gasteiger partial charge on any atom is 0.271 e. The van der Waals surface area contributed by atoms with Crippen LogP contribution in [0, 0.1) is 0 Å². The van der Waals surface area contributed by atoms with Gasteiger partial charge in [-0.25, -0.2) is 5.43 Å². The average Bonchev–Trinajstić information content (AvgIpc) is 2.69. The molecule has 0 bridgehead atoms. The van der Waals surface area contributed by atoms with Crippen molar-refractivity contribution in [3.05, 3.63) is 97.9 Å². The third kappa shape index (κ3) is 5.58. The summed E-state index contributed by atoms with van der Waals surface area (Å²) in [6, 6.07) is 19.6. The van der Waals surface area contributed by atoms with Crippen LogP contribution >= 0.6 is 39.1 Å². The van der Waals surface area contributed by atoms with Crippen molar-refractivity contribution in [2.75, 3.05) is 0 Å². The van der Waals surface area contributed by atoms with E-state index in [4.69, 9.17) is 27.9 Å². The van der Waals surface area contributed by atoms with E-state index in [1.54, 1.807) is 42.6 Å². The molecule has 0 aliphatic heterocycles. The Bertz CT molecular complexity index is 1010. The number of benzene rings is 3. The molecule has 28 heavy (non-hydrogen) atoms. The van der Waals surface area contributed by atoms with Crippen molar-refractivity contribution in [2.45, 2.75) is 6.61 Å². The molecule has 0 heterocycles. The number of ether oxygens (including phenoxy) is 1. The zero-order chi connectivity index (χ0) is 19.9. The minimum atomic E-state index is -0.310. The van der Waals surface area contributed by atoms with E-state index in [1.165, 1.54) is 0 Å². The van der Waals surface area contributed by atoms with Gasteiger partial charge >= 0.3 is 0 Å². The van der Waals surface area contributed by atoms with E-state index in [9.17, 15) is 4.79 Å². The van der Waals surface area contributed by atoms with Crippen LogP contribution in [-0.2, 0) is 6.61 Å². The number of carbonyl (C=O) groups is 1. The first-order valence-corrected chi connectivity index (χ1v) is 9.82. The number of carbonyl (C=O) groups excluding carboxylic acids is 1. The van der Waals surface area contributed by atoms with E-state index in [2.05, 4.69) is 26.5 Å². The van der Waals surface area contributed by atoms with Gasteiger partial charge in [0, 0.05) is 31.2 Å². The van der Waals surface area contributed by atoms with Crippen molar-refractivity contribution in [3.63, 3.8) is 0 Å². The predicted octanol–water partition coefficient (Wildman–Crippen LogP) is 6.10. The van der Waals surface area contributed by atoms with Crippen LogP contribution in [0.4, 0.5) is 0 Å². The van der Waals surface area contributed by atoms with Crippen LogP contribution in [0.1, 0.15) is 21.5 Å². The lowest BCUT2D eigenvalue weighted by Crippen LogP contribution is -2.17. The van der Waals surface area contributed by atoms with Crippen molar-refractivity contribution in [3.8, 4) is 5.75 Å². The molecular formula is C21H15BrCl2N2O2. The lowest BCUT2D eigenvalue weighted by molar-refractivity contribution is 0.0955. The molecule has 0 radical (unpaired) electrons. The third-order valence-electron chi connectivity index (χ3n) is 3.80. The molecule has 0 fully saturated rings. The summed E-state index contributed by atoms with van der Waals surface area (Å²) in [4.78, 5) is 12.2. The first kappa shape index (κ1) is 20.4. The molecule has 142 valence electrons. The SMILES string of the molecule is O=C(N/N=C/c1ccccc1Br)c1ccc(OCc2ccc(Cl)cc2Cl)cc1. The highest BCUT2D eigenvalue weighted by Crippen LogP contribution is 2.23. The van der Waals surface area contributed by atoms with Crippen molar-refractivity contribution in [1.82, 2.24) is 5.43 Å². The van der Waals surface area contributed by atoms with Crippen molar-refractivity contribution < 1.29 is 9.53 Å². The second-order valence-electron chi connectivity index (χ2n) is 5.77. The van der Waals surface area contributed by atoms with Gasteiger partial charge in [-0.3, -0.25) is 4.79 Å². The highest BCUT2D eigenvalue weighted by Gasteiger charge is 2.06. The summed E-state index contributed by atoms with van der Waals surface area (Å²) in [5, 5.41) is 5.11. The van der Waals surface area contributed by atoms with Gasteiger partial charge in [-0.2, -0.15) is 5.10 Å². The fraction of sp³-hybridized carbons (Fsp3) is 0.0476. The molecule has 1 N–H and O–H groups in total. The maximum absolute atomic E-state index is 12.2. The quantitative estimate of drug-likeness (QED) is 0.344. The molecule has 3 rings (SSSR count). The van der Waals surface area contributed by atoms with Crippen LogP contribution in [0.3, 0.4) is 0 Å². The number of hydrogen-bond donors (Lipinski definition) is 1. The van der Waals surface area contributed by atoms with Crippen molar-refractivity contribution >= 4 is 51.3 Å². The molecule has 0 aliphatic carbocycles. The zero-order valence-corrected chi connectivity index (χ0v) is 17.6. The molecule has 3 aromatic carbocycles. The smallest absolute Gasteiger partial charge is 0.271 e. The summed E-state index contributed by atoms with van der Waals surface area (Å²) in [5.41, 5.74) is 4.67. The van der Waals surface area contributed by atoms with Crippen molar-refractivity contribution in [1.29, 1.82) is 0 Å². The Kier molecular flexibility index (Phi) is 7.09. The van der Waals surface area contributed by atoms with Gasteiger partial charge in [0.05, 0.1) is 6.21 Å². The molecule has 0 saturated carbocycles. The van der Waals surface area contributed by atoms with Gasteiger partial charge in [0.2, 0.25) is 0 Å². The van der Waals surface area contributed by atoms with E-state index in [1.807, 2.05) is 30.3 Å². The fourth-order valence-corrected chi connectivity index (χ4v) is 3.16. The Morgan fingerprint density at radius 2 is 1.82 bits per heavy atom. The monoisotopic (exact) mass is 476 g/mol. The number of hydrazone groups is 1. The molecule has 1 amide bonds. The molecule has 0 spiro atoms. The summed E-state index contributed by atoms with van der Waals surface area (Å²) in [6.07, 6.45) is 1.58. The van der Waals surface area contributed by atoms with Gasteiger partial charge in [0.15, 0.2) is 0 Å². The summed E-state index contributed by atoms with van der Waals surface area (Å²) in [6.45, 7) is 0.303. The molecule has 0 saturated heterocycles. The van der Waals surface area contributed by atoms with Gasteiger partial charge < -0.3 is 4.74 Å². The van der Waals surface area contributed by atoms with E-state index < -0.39 is 0 Å². The van der Waals surface area contributed by atoms with Crippen LogP contribution in [0.2, 0.25) is 10.0 Å². The zero-order valence-electron chi connectivity index (χ0n) is 14.5. The van der Waals surface area contributed by atoms with Gasteiger partial charge in [0.1, 0.15) is 12.4 Å². The topological polar surface area (TPSA) is 50.7 Å². The first-order chi connectivity index (χ1) is 13.5. The Hall–Kier alpha value is -2.34. The largest absolute Gasteiger partial charge is 0.489 e. The standard InChI is InChI=1S/C21H15BrCl2N2O2/c22-19-4-2-1-3-15(19)12-25-26-21(27)14-6-9-18(10-7-14)28-13-16-5-8-17(23)11-20(16)24/h1-12H,13H2,(H,26,27)/b25-12+. The summed E-state index contributed by atoms with van der Waals surface area (Å²) in [5.74, 6) is 0.315. The number of hydrogen-bond acceptors (Lipinski definition) is 3. The summed E-state index contributed by atoms with van der Waals surface area (Å²) >= 11 is 15.4.